The highest BCUT2D eigenvalue weighted by atomic mass is 19.4. The van der Waals surface area contributed by atoms with Crippen molar-refractivity contribution in [2.75, 3.05) is 17.2 Å². The van der Waals surface area contributed by atoms with E-state index in [2.05, 4.69) is 4.98 Å². The van der Waals surface area contributed by atoms with Crippen molar-refractivity contribution in [2.24, 2.45) is 0 Å². The highest BCUT2D eigenvalue weighted by Gasteiger charge is 2.34. The first kappa shape index (κ1) is 13.0. The molecule has 1 saturated heterocycles. The van der Waals surface area contributed by atoms with Gasteiger partial charge < -0.3 is 10.6 Å². The third-order valence-corrected chi connectivity index (χ3v) is 3.31. The Hall–Kier alpha value is -1.46. The molecule has 1 aromatic rings. The van der Waals surface area contributed by atoms with Crippen LogP contribution in [0.3, 0.4) is 0 Å². The average molecular weight is 259 g/mol. The highest BCUT2D eigenvalue weighted by molar-refractivity contribution is 5.67. The molecule has 0 saturated carbocycles. The molecule has 18 heavy (non-hydrogen) atoms. The molecule has 0 spiro atoms. The number of halogens is 3. The van der Waals surface area contributed by atoms with Crippen LogP contribution in [0.15, 0.2) is 12.3 Å². The summed E-state index contributed by atoms with van der Waals surface area (Å²) in [7, 11) is 0. The molecule has 3 nitrogen and oxygen atoms in total. The summed E-state index contributed by atoms with van der Waals surface area (Å²) in [5.41, 5.74) is 5.62. The van der Waals surface area contributed by atoms with Gasteiger partial charge in [-0.2, -0.15) is 13.2 Å². The molecule has 0 amide bonds. The van der Waals surface area contributed by atoms with Crippen molar-refractivity contribution in [3.8, 4) is 0 Å². The van der Waals surface area contributed by atoms with E-state index in [1.54, 1.807) is 0 Å². The maximum atomic E-state index is 12.6. The third-order valence-electron chi connectivity index (χ3n) is 3.31. The lowest BCUT2D eigenvalue weighted by Gasteiger charge is -2.36. The summed E-state index contributed by atoms with van der Waals surface area (Å²) in [5, 5.41) is 0. The Balaban J connectivity index is 2.37. The van der Waals surface area contributed by atoms with E-state index in [0.717, 1.165) is 38.1 Å². The minimum absolute atomic E-state index is 0.213. The number of nitrogens with zero attached hydrogens (tertiary/aromatic N) is 2. The first-order valence-corrected chi connectivity index (χ1v) is 5.99. The largest absolute Gasteiger partial charge is 0.433 e. The van der Waals surface area contributed by atoms with E-state index in [1.165, 1.54) is 0 Å². The Bertz CT molecular complexity index is 431. The van der Waals surface area contributed by atoms with E-state index >= 15 is 0 Å². The van der Waals surface area contributed by atoms with E-state index in [9.17, 15) is 13.2 Å². The van der Waals surface area contributed by atoms with Crippen LogP contribution in [0.5, 0.6) is 0 Å². The number of hydrogen-bond donors (Lipinski definition) is 1. The molecule has 0 aromatic carbocycles. The molecule has 100 valence electrons. The summed E-state index contributed by atoms with van der Waals surface area (Å²) in [4.78, 5) is 5.29. The number of pyridine rings is 1. The van der Waals surface area contributed by atoms with Gasteiger partial charge >= 0.3 is 6.18 Å². The van der Waals surface area contributed by atoms with Crippen LogP contribution in [-0.2, 0) is 6.18 Å². The molecule has 1 unspecified atom stereocenters. The molecule has 0 aliphatic carbocycles. The zero-order valence-corrected chi connectivity index (χ0v) is 10.2. The first-order valence-electron chi connectivity index (χ1n) is 5.99. The second-order valence-electron chi connectivity index (χ2n) is 4.66. The lowest BCUT2D eigenvalue weighted by atomic mass is 10.0. The predicted octanol–water partition coefficient (Wildman–Crippen LogP) is 3.06. The van der Waals surface area contributed by atoms with Crippen molar-refractivity contribution in [3.05, 3.63) is 18.0 Å². The van der Waals surface area contributed by atoms with Gasteiger partial charge in [-0.3, -0.25) is 0 Å². The molecule has 2 N–H and O–H groups in total. The van der Waals surface area contributed by atoms with E-state index < -0.39 is 11.9 Å². The summed E-state index contributed by atoms with van der Waals surface area (Å²) >= 11 is 0. The van der Waals surface area contributed by atoms with Crippen LogP contribution in [0.25, 0.3) is 0 Å². The molecule has 1 fully saturated rings. The number of anilines is 2. The predicted molar refractivity (Wildman–Crippen MR) is 64.3 cm³/mol. The van der Waals surface area contributed by atoms with Crippen LogP contribution in [0.4, 0.5) is 24.5 Å². The minimum atomic E-state index is -4.43. The number of hydrogen-bond acceptors (Lipinski definition) is 3. The molecule has 2 heterocycles. The van der Waals surface area contributed by atoms with Gasteiger partial charge in [-0.1, -0.05) is 0 Å². The summed E-state index contributed by atoms with van der Waals surface area (Å²) < 4.78 is 37.9. The highest BCUT2D eigenvalue weighted by Crippen LogP contribution is 2.34. The van der Waals surface area contributed by atoms with Crippen LogP contribution in [0, 0.1) is 0 Å². The quantitative estimate of drug-likeness (QED) is 0.842. The van der Waals surface area contributed by atoms with Gasteiger partial charge in [-0.15, -0.1) is 0 Å². The van der Waals surface area contributed by atoms with Crippen molar-refractivity contribution < 1.29 is 13.2 Å². The summed E-state index contributed by atoms with van der Waals surface area (Å²) in [6, 6.07) is 1.27. The molecule has 1 aliphatic heterocycles. The standard InChI is InChI=1S/C12H16F3N3/c1-8-4-2-3-5-18(8)10-6-11(12(13,14)15)17-7-9(10)16/h6-8H,2-5,16H2,1H3. The maximum Gasteiger partial charge on any atom is 0.433 e. The molecule has 2 rings (SSSR count). The summed E-state index contributed by atoms with van der Waals surface area (Å²) in [6.07, 6.45) is -0.272. The molecule has 1 aliphatic rings. The second-order valence-corrected chi connectivity index (χ2v) is 4.66. The van der Waals surface area contributed by atoms with Gasteiger partial charge in [0.05, 0.1) is 17.6 Å². The fraction of sp³-hybridized carbons (Fsp3) is 0.583. The molecule has 0 bridgehead atoms. The Morgan fingerprint density at radius 1 is 1.39 bits per heavy atom. The zero-order chi connectivity index (χ0) is 13.3. The monoisotopic (exact) mass is 259 g/mol. The van der Waals surface area contributed by atoms with Crippen LogP contribution < -0.4 is 10.6 Å². The van der Waals surface area contributed by atoms with Gasteiger partial charge in [0, 0.05) is 12.6 Å². The van der Waals surface area contributed by atoms with Gasteiger partial charge in [0.25, 0.3) is 0 Å². The van der Waals surface area contributed by atoms with E-state index in [1.807, 2.05) is 11.8 Å². The second kappa shape index (κ2) is 4.66. The number of rotatable bonds is 1. The van der Waals surface area contributed by atoms with Gasteiger partial charge in [0.2, 0.25) is 0 Å². The smallest absolute Gasteiger partial charge is 0.396 e. The van der Waals surface area contributed by atoms with E-state index in [0.29, 0.717) is 11.4 Å². The topological polar surface area (TPSA) is 42.2 Å². The van der Waals surface area contributed by atoms with Crippen molar-refractivity contribution in [1.82, 2.24) is 4.98 Å². The Morgan fingerprint density at radius 2 is 2.11 bits per heavy atom. The van der Waals surface area contributed by atoms with E-state index in [-0.39, 0.29) is 6.04 Å². The third kappa shape index (κ3) is 2.52. The fourth-order valence-electron chi connectivity index (χ4n) is 2.32. The van der Waals surface area contributed by atoms with Gasteiger partial charge in [0.15, 0.2) is 0 Å². The number of piperidine rings is 1. The van der Waals surface area contributed by atoms with E-state index in [4.69, 9.17) is 5.73 Å². The van der Waals surface area contributed by atoms with Crippen LogP contribution in [-0.4, -0.2) is 17.6 Å². The van der Waals surface area contributed by atoms with Gasteiger partial charge in [-0.25, -0.2) is 4.98 Å². The Kier molecular flexibility index (Phi) is 3.36. The molecule has 1 aromatic heterocycles. The zero-order valence-electron chi connectivity index (χ0n) is 10.2. The van der Waals surface area contributed by atoms with Gasteiger partial charge in [-0.05, 0) is 32.3 Å². The average Bonchev–Trinajstić information content (AvgIpc) is 2.29. The molecular formula is C12H16F3N3. The number of alkyl halides is 3. The van der Waals surface area contributed by atoms with Crippen LogP contribution in [0.2, 0.25) is 0 Å². The number of nitrogens with two attached hydrogens (primary N) is 1. The Labute approximate surface area is 104 Å². The minimum Gasteiger partial charge on any atom is -0.396 e. The van der Waals surface area contributed by atoms with Crippen LogP contribution >= 0.6 is 0 Å². The van der Waals surface area contributed by atoms with Crippen molar-refractivity contribution in [3.63, 3.8) is 0 Å². The normalized spacial score (nSPS) is 21.1. The SMILES string of the molecule is CC1CCCCN1c1cc(C(F)(F)F)ncc1N. The summed E-state index contributed by atoms with van der Waals surface area (Å²) in [5.74, 6) is 0. The lowest BCUT2D eigenvalue weighted by Crippen LogP contribution is -2.38. The first-order chi connectivity index (χ1) is 8.39. The molecule has 6 heteroatoms. The van der Waals surface area contributed by atoms with Crippen molar-refractivity contribution >= 4 is 11.4 Å². The summed E-state index contributed by atoms with van der Waals surface area (Å²) in [6.45, 7) is 2.75. The number of nitrogen functional groups attached to an aromatic ring is 1. The van der Waals surface area contributed by atoms with Gasteiger partial charge in [0.1, 0.15) is 5.69 Å². The lowest BCUT2D eigenvalue weighted by molar-refractivity contribution is -0.141. The molecular weight excluding hydrogens is 243 g/mol. The fourth-order valence-corrected chi connectivity index (χ4v) is 2.32. The van der Waals surface area contributed by atoms with Crippen molar-refractivity contribution in [1.29, 1.82) is 0 Å². The number of aromatic nitrogens is 1. The van der Waals surface area contributed by atoms with Crippen LogP contribution in [0.1, 0.15) is 31.9 Å². The Morgan fingerprint density at radius 3 is 2.72 bits per heavy atom. The maximum absolute atomic E-state index is 12.6. The molecule has 0 radical (unpaired) electrons. The van der Waals surface area contributed by atoms with Crippen molar-refractivity contribution in [2.45, 2.75) is 38.4 Å². The molecule has 1 atom stereocenters.